The monoisotopic (exact) mass is 636 g/mol. The number of amides is 3. The van der Waals surface area contributed by atoms with Crippen LogP contribution in [-0.2, 0) is 20.8 Å². The van der Waals surface area contributed by atoms with Crippen LogP contribution < -0.4 is 10.6 Å². The highest BCUT2D eigenvalue weighted by molar-refractivity contribution is 5.91. The van der Waals surface area contributed by atoms with Crippen LogP contribution >= 0.6 is 0 Å². The van der Waals surface area contributed by atoms with E-state index >= 15 is 0 Å². The lowest BCUT2D eigenvalue weighted by Crippen LogP contribution is -2.57. The summed E-state index contributed by atoms with van der Waals surface area (Å²) in [4.78, 5) is 44.9. The average Bonchev–Trinajstić information content (AvgIpc) is 3.06. The highest BCUT2D eigenvalue weighted by atomic mass is 16.3. The molecule has 0 aromatic heterocycles. The van der Waals surface area contributed by atoms with Gasteiger partial charge in [0.05, 0.1) is 18.1 Å². The summed E-state index contributed by atoms with van der Waals surface area (Å²) < 4.78 is 0. The summed E-state index contributed by atoms with van der Waals surface area (Å²) in [6.07, 6.45) is 14.6. The summed E-state index contributed by atoms with van der Waals surface area (Å²) in [5.41, 5.74) is 0.894. The average molecular weight is 637 g/mol. The minimum Gasteiger partial charge on any atom is -0.389 e. The Morgan fingerprint density at radius 1 is 0.978 bits per heavy atom. The Kier molecular flexibility index (Phi) is 17.5. The quantitative estimate of drug-likeness (QED) is 0.173. The normalized spacial score (nSPS) is 17.4. The largest absolute Gasteiger partial charge is 0.389 e. The number of likely N-dealkylation sites (N-methyl/N-ethyl adjacent to an activating group) is 2. The summed E-state index contributed by atoms with van der Waals surface area (Å²) >= 11 is 0. The molecule has 0 saturated heterocycles. The molecule has 1 unspecified atom stereocenters. The van der Waals surface area contributed by atoms with Crippen molar-refractivity contribution >= 4 is 17.7 Å². The van der Waals surface area contributed by atoms with Crippen molar-refractivity contribution in [3.05, 3.63) is 35.9 Å². The molecule has 1 aliphatic carbocycles. The molecule has 1 saturated carbocycles. The number of benzene rings is 1. The van der Waals surface area contributed by atoms with Crippen molar-refractivity contribution in [2.75, 3.05) is 33.2 Å². The van der Waals surface area contributed by atoms with Crippen LogP contribution in [-0.4, -0.2) is 95.3 Å². The smallest absolute Gasteiger partial charge is 0.244 e. The molecule has 1 aromatic rings. The Hall–Kier alpha value is -3.37. The van der Waals surface area contributed by atoms with Crippen molar-refractivity contribution in [3.63, 3.8) is 0 Å². The van der Waals surface area contributed by atoms with Gasteiger partial charge >= 0.3 is 0 Å². The first-order chi connectivity index (χ1) is 22.0. The summed E-state index contributed by atoms with van der Waals surface area (Å²) in [5.74, 6) is 2.64. The Labute approximate surface area is 276 Å². The van der Waals surface area contributed by atoms with Gasteiger partial charge in [-0.25, -0.2) is 0 Å². The van der Waals surface area contributed by atoms with E-state index in [0.717, 1.165) is 57.3 Å². The van der Waals surface area contributed by atoms with Gasteiger partial charge in [-0.05, 0) is 44.3 Å². The first-order valence-electron chi connectivity index (χ1n) is 16.9. The van der Waals surface area contributed by atoms with Crippen molar-refractivity contribution in [2.45, 2.75) is 103 Å². The van der Waals surface area contributed by atoms with Crippen LogP contribution in [0.2, 0.25) is 0 Å². The van der Waals surface area contributed by atoms with Gasteiger partial charge in [-0.1, -0.05) is 76.3 Å². The fourth-order valence-electron chi connectivity index (χ4n) is 6.11. The van der Waals surface area contributed by atoms with Gasteiger partial charge in [-0.2, -0.15) is 0 Å². The topological polar surface area (TPSA) is 122 Å². The van der Waals surface area contributed by atoms with Gasteiger partial charge in [-0.15, -0.1) is 24.7 Å². The molecule has 0 heterocycles. The summed E-state index contributed by atoms with van der Waals surface area (Å²) in [6.45, 7) is 8.86. The van der Waals surface area contributed by atoms with Crippen molar-refractivity contribution in [2.24, 2.45) is 17.8 Å². The maximum atomic E-state index is 13.9. The van der Waals surface area contributed by atoms with Crippen molar-refractivity contribution in [1.29, 1.82) is 0 Å². The zero-order valence-electron chi connectivity index (χ0n) is 28.3. The van der Waals surface area contributed by atoms with Crippen LogP contribution in [0.25, 0.3) is 0 Å². The minimum absolute atomic E-state index is 0.0322. The molecule has 9 nitrogen and oxygen atoms in total. The molecule has 1 aromatic carbocycles. The predicted octanol–water partition coefficient (Wildman–Crippen LogP) is 2.99. The molecule has 0 aliphatic heterocycles. The number of aliphatic hydroxyl groups excluding tert-OH is 2. The van der Waals surface area contributed by atoms with E-state index in [-0.39, 0.29) is 24.7 Å². The van der Waals surface area contributed by atoms with E-state index in [0.29, 0.717) is 19.4 Å². The van der Waals surface area contributed by atoms with E-state index < -0.39 is 47.9 Å². The molecule has 3 amide bonds. The lowest BCUT2D eigenvalue weighted by atomic mass is 9.82. The number of hydrogen-bond donors (Lipinski definition) is 4. The molecule has 0 spiro atoms. The first-order valence-corrected chi connectivity index (χ1v) is 16.9. The van der Waals surface area contributed by atoms with E-state index in [1.54, 1.807) is 18.9 Å². The van der Waals surface area contributed by atoms with Gasteiger partial charge in [0.15, 0.2) is 0 Å². The second-order valence-electron chi connectivity index (χ2n) is 12.7. The first kappa shape index (κ1) is 38.8. The minimum atomic E-state index is -1.28. The maximum absolute atomic E-state index is 13.9. The Bertz CT molecular complexity index is 1150. The van der Waals surface area contributed by atoms with Crippen molar-refractivity contribution < 1.29 is 24.6 Å². The fraction of sp³-hybridized carbons (Fsp3) is 0.649. The summed E-state index contributed by atoms with van der Waals surface area (Å²) in [7, 11) is 1.74. The Morgan fingerprint density at radius 2 is 1.63 bits per heavy atom. The van der Waals surface area contributed by atoms with Crippen molar-refractivity contribution in [1.82, 2.24) is 20.4 Å². The van der Waals surface area contributed by atoms with Gasteiger partial charge in [-0.3, -0.25) is 14.4 Å². The zero-order valence-corrected chi connectivity index (χ0v) is 28.3. The lowest BCUT2D eigenvalue weighted by molar-refractivity contribution is -0.137. The van der Waals surface area contributed by atoms with E-state index in [2.05, 4.69) is 41.2 Å². The number of hydrogen-bond acceptors (Lipinski definition) is 6. The standard InChI is InChI=1S/C37H56N4O5/c1-7-17-32(42)35(44)31(25-29-20-15-12-16-21-29)38-37(46)34(27(5)8-2)39-36(45)30(24-28-18-13-11-14-19-28)26-33(43)40(6)22-23-41(9-3)10-4/h1-2,11,13-14,18-19,27,29-32,34-35,42,44H,9-10,12,15-17,20-26H2,3-6H3,(H,38,46)(H,39,45)/t27?,30-,31+,32+,34+,35-/m1/s1. The second-order valence-corrected chi connectivity index (χ2v) is 12.7. The van der Waals surface area contributed by atoms with E-state index in [9.17, 15) is 24.6 Å². The molecular formula is C37H56N4O5. The number of carbonyl (C=O) groups is 3. The van der Waals surface area contributed by atoms with Gasteiger partial charge in [0, 0.05) is 38.9 Å². The third-order valence-corrected chi connectivity index (χ3v) is 9.30. The summed E-state index contributed by atoms with van der Waals surface area (Å²) in [6, 6.07) is 7.57. The van der Waals surface area contributed by atoms with Crippen LogP contribution in [0.1, 0.15) is 77.7 Å². The van der Waals surface area contributed by atoms with Gasteiger partial charge in [0.25, 0.3) is 0 Å². The number of carbonyl (C=O) groups excluding carboxylic acids is 3. The van der Waals surface area contributed by atoms with Gasteiger partial charge in [0.1, 0.15) is 12.1 Å². The number of aliphatic hydroxyl groups is 2. The van der Waals surface area contributed by atoms with Gasteiger partial charge < -0.3 is 30.6 Å². The van der Waals surface area contributed by atoms with Gasteiger partial charge in [0.2, 0.25) is 17.7 Å². The zero-order chi connectivity index (χ0) is 34.1. The van der Waals surface area contributed by atoms with Crippen LogP contribution in [0.3, 0.4) is 0 Å². The molecule has 0 radical (unpaired) electrons. The fourth-order valence-corrected chi connectivity index (χ4v) is 6.11. The lowest BCUT2D eigenvalue weighted by Gasteiger charge is -2.33. The van der Waals surface area contributed by atoms with E-state index in [4.69, 9.17) is 12.8 Å². The number of nitrogens with zero attached hydrogens (tertiary/aromatic N) is 2. The molecule has 254 valence electrons. The second kappa shape index (κ2) is 20.7. The highest BCUT2D eigenvalue weighted by Crippen LogP contribution is 2.29. The summed E-state index contributed by atoms with van der Waals surface area (Å²) in [5, 5.41) is 27.3. The molecule has 0 bridgehead atoms. The molecule has 9 heteroatoms. The number of nitrogens with one attached hydrogen (secondary N) is 2. The molecule has 4 N–H and O–H groups in total. The number of terminal acetylenes is 2. The maximum Gasteiger partial charge on any atom is 0.244 e. The molecule has 46 heavy (non-hydrogen) atoms. The third-order valence-electron chi connectivity index (χ3n) is 9.30. The molecule has 2 rings (SSSR count). The van der Waals surface area contributed by atoms with Crippen LogP contribution in [0.15, 0.2) is 30.3 Å². The molecule has 1 fully saturated rings. The Balaban J connectivity index is 2.26. The van der Waals surface area contributed by atoms with Crippen molar-refractivity contribution in [3.8, 4) is 24.7 Å². The SMILES string of the molecule is C#CC[C@H](O)[C@H](O)[C@H](CC1CCCCC1)NC(=O)[C@@H](NC(=O)[C@@H](CC(=O)N(C)CCN(CC)CC)Cc1ccccc1)C(C)C#C. The highest BCUT2D eigenvalue weighted by Gasteiger charge is 2.35. The molecule has 6 atom stereocenters. The van der Waals surface area contributed by atoms with Crippen LogP contribution in [0.5, 0.6) is 0 Å². The third kappa shape index (κ3) is 12.8. The molecular weight excluding hydrogens is 580 g/mol. The predicted molar refractivity (Wildman–Crippen MR) is 182 cm³/mol. The number of rotatable bonds is 19. The van der Waals surface area contributed by atoms with E-state index in [1.807, 2.05) is 30.3 Å². The van der Waals surface area contributed by atoms with Crippen LogP contribution in [0, 0.1) is 42.4 Å². The Morgan fingerprint density at radius 3 is 2.22 bits per heavy atom. The van der Waals surface area contributed by atoms with E-state index in [1.165, 1.54) is 0 Å². The van der Waals surface area contributed by atoms with Crippen LogP contribution in [0.4, 0.5) is 0 Å². The molecule has 1 aliphatic rings.